The summed E-state index contributed by atoms with van der Waals surface area (Å²) in [4.78, 5) is 0. The molecule has 0 unspecified atom stereocenters. The standard InChI is InChI=1S/C9H13.Ti/c1-7(2)9-5-4-8(3)6-9;/h5,7H,4H2,1-3H3;/q-1;. The summed E-state index contributed by atoms with van der Waals surface area (Å²) in [5, 5.41) is 0. The molecule has 10 heavy (non-hydrogen) atoms. The fraction of sp³-hybridized carbons (Fsp3) is 0.556. The Kier molecular flexibility index (Phi) is 4.23. The van der Waals surface area contributed by atoms with E-state index in [2.05, 4.69) is 32.9 Å². The van der Waals surface area contributed by atoms with E-state index < -0.39 is 0 Å². The summed E-state index contributed by atoms with van der Waals surface area (Å²) in [6.45, 7) is 6.54. The molecular weight excluding hydrogens is 156 g/mol. The zero-order chi connectivity index (χ0) is 6.85. The van der Waals surface area contributed by atoms with Crippen molar-refractivity contribution in [2.75, 3.05) is 0 Å². The first-order chi connectivity index (χ1) is 4.20. The van der Waals surface area contributed by atoms with Crippen LogP contribution in [0.15, 0.2) is 17.2 Å². The van der Waals surface area contributed by atoms with Gasteiger partial charge in [-0.2, -0.15) is 5.57 Å². The molecule has 0 amide bonds. The van der Waals surface area contributed by atoms with Crippen LogP contribution >= 0.6 is 0 Å². The second-order valence-corrected chi connectivity index (χ2v) is 2.92. The quantitative estimate of drug-likeness (QED) is 0.418. The van der Waals surface area contributed by atoms with Gasteiger partial charge in [0.05, 0.1) is 0 Å². The zero-order valence-corrected chi connectivity index (χ0v) is 8.42. The van der Waals surface area contributed by atoms with E-state index >= 15 is 0 Å². The normalized spacial score (nSPS) is 16.4. The van der Waals surface area contributed by atoms with Crippen LogP contribution in [0.5, 0.6) is 0 Å². The van der Waals surface area contributed by atoms with Gasteiger partial charge >= 0.3 is 0 Å². The Bertz CT molecular complexity index is 164. The fourth-order valence-corrected chi connectivity index (χ4v) is 0.992. The molecule has 0 atom stereocenters. The summed E-state index contributed by atoms with van der Waals surface area (Å²) in [5.74, 6) is 0.655. The van der Waals surface area contributed by atoms with Gasteiger partial charge in [-0.1, -0.05) is 33.1 Å². The topological polar surface area (TPSA) is 0 Å². The summed E-state index contributed by atoms with van der Waals surface area (Å²) >= 11 is 0. The van der Waals surface area contributed by atoms with Gasteiger partial charge < -0.3 is 0 Å². The van der Waals surface area contributed by atoms with Crippen LogP contribution in [0.2, 0.25) is 0 Å². The smallest absolute Gasteiger partial charge is 0 e. The van der Waals surface area contributed by atoms with Gasteiger partial charge in [-0.3, -0.25) is 0 Å². The molecule has 54 valence electrons. The molecule has 0 saturated carbocycles. The van der Waals surface area contributed by atoms with Crippen LogP contribution in [0.1, 0.15) is 27.2 Å². The number of hydrogen-bond donors (Lipinski definition) is 0. The molecule has 1 heteroatoms. The average Bonchev–Trinajstić information content (AvgIpc) is 2.14. The Labute approximate surface area is 78.3 Å². The number of rotatable bonds is 1. The first-order valence-corrected chi connectivity index (χ1v) is 3.49. The molecule has 0 bridgehead atoms. The minimum atomic E-state index is 0. The number of allylic oxidation sites excluding steroid dienone is 4. The molecule has 1 aliphatic carbocycles. The Morgan fingerprint density at radius 3 is 2.30 bits per heavy atom. The van der Waals surface area contributed by atoms with Crippen molar-refractivity contribution in [3.63, 3.8) is 0 Å². The van der Waals surface area contributed by atoms with Crippen LogP contribution in [0.3, 0.4) is 0 Å². The summed E-state index contributed by atoms with van der Waals surface area (Å²) < 4.78 is 0. The van der Waals surface area contributed by atoms with Crippen LogP contribution < -0.4 is 0 Å². The van der Waals surface area contributed by atoms with Gasteiger partial charge in [0.15, 0.2) is 0 Å². The molecule has 0 nitrogen and oxygen atoms in total. The molecular formula is C9H13Ti-. The van der Waals surface area contributed by atoms with E-state index in [0.29, 0.717) is 5.92 Å². The first-order valence-electron chi connectivity index (χ1n) is 3.49. The van der Waals surface area contributed by atoms with Gasteiger partial charge in [0, 0.05) is 21.7 Å². The Morgan fingerprint density at radius 1 is 1.50 bits per heavy atom. The Hall–Kier alpha value is 0.194. The molecule has 0 fully saturated rings. The molecule has 0 aliphatic heterocycles. The Balaban J connectivity index is 0.000000810. The monoisotopic (exact) mass is 169 g/mol. The van der Waals surface area contributed by atoms with Crippen molar-refractivity contribution in [3.8, 4) is 0 Å². The molecule has 0 N–H and O–H groups in total. The number of hydrogen-bond acceptors (Lipinski definition) is 0. The average molecular weight is 169 g/mol. The summed E-state index contributed by atoms with van der Waals surface area (Å²) in [5.41, 5.74) is 2.76. The maximum Gasteiger partial charge on any atom is 0 e. The maximum atomic E-state index is 3.33. The van der Waals surface area contributed by atoms with Gasteiger partial charge in [0.1, 0.15) is 0 Å². The van der Waals surface area contributed by atoms with Crippen molar-refractivity contribution >= 4 is 0 Å². The maximum absolute atomic E-state index is 3.33. The molecule has 0 aromatic rings. The van der Waals surface area contributed by atoms with Crippen molar-refractivity contribution in [1.29, 1.82) is 0 Å². The van der Waals surface area contributed by atoms with Crippen molar-refractivity contribution in [2.24, 2.45) is 5.92 Å². The van der Waals surface area contributed by atoms with Gasteiger partial charge in [-0.05, 0) is 0 Å². The van der Waals surface area contributed by atoms with Crippen molar-refractivity contribution < 1.29 is 21.7 Å². The van der Waals surface area contributed by atoms with Crippen LogP contribution in [0.4, 0.5) is 0 Å². The van der Waals surface area contributed by atoms with Crippen LogP contribution in [-0.2, 0) is 21.7 Å². The minimum Gasteiger partial charge on any atom is -0.250 e. The van der Waals surface area contributed by atoms with E-state index in [-0.39, 0.29) is 21.7 Å². The van der Waals surface area contributed by atoms with Gasteiger partial charge in [0.25, 0.3) is 0 Å². The van der Waals surface area contributed by atoms with Crippen LogP contribution in [0.25, 0.3) is 0 Å². The molecule has 1 aliphatic rings. The molecule has 0 spiro atoms. The third-order valence-electron chi connectivity index (χ3n) is 1.61. The summed E-state index contributed by atoms with van der Waals surface area (Å²) in [6, 6.07) is 0. The van der Waals surface area contributed by atoms with E-state index in [0.717, 1.165) is 6.42 Å². The second kappa shape index (κ2) is 4.15. The Morgan fingerprint density at radius 2 is 2.10 bits per heavy atom. The predicted molar refractivity (Wildman–Crippen MR) is 40.0 cm³/mol. The zero-order valence-electron chi connectivity index (χ0n) is 6.86. The minimum absolute atomic E-state index is 0. The molecule has 0 heterocycles. The third kappa shape index (κ3) is 2.44. The van der Waals surface area contributed by atoms with Crippen molar-refractivity contribution in [2.45, 2.75) is 27.2 Å². The van der Waals surface area contributed by atoms with Crippen molar-refractivity contribution in [3.05, 3.63) is 23.3 Å². The molecule has 0 saturated heterocycles. The largest absolute Gasteiger partial charge is 0.250 e. The predicted octanol–water partition coefficient (Wildman–Crippen LogP) is 2.72. The van der Waals surface area contributed by atoms with E-state index in [1.54, 1.807) is 0 Å². The van der Waals surface area contributed by atoms with E-state index in [1.807, 2.05) is 0 Å². The third-order valence-corrected chi connectivity index (χ3v) is 1.61. The van der Waals surface area contributed by atoms with Crippen molar-refractivity contribution in [1.82, 2.24) is 0 Å². The van der Waals surface area contributed by atoms with Crippen LogP contribution in [0, 0.1) is 12.0 Å². The fourth-order valence-electron chi connectivity index (χ4n) is 0.992. The van der Waals surface area contributed by atoms with Gasteiger partial charge in [0.2, 0.25) is 0 Å². The van der Waals surface area contributed by atoms with E-state index in [1.165, 1.54) is 11.1 Å². The first kappa shape index (κ1) is 10.2. The van der Waals surface area contributed by atoms with Gasteiger partial charge in [-0.25, -0.2) is 17.7 Å². The second-order valence-electron chi connectivity index (χ2n) is 2.92. The van der Waals surface area contributed by atoms with Crippen LogP contribution in [-0.4, -0.2) is 0 Å². The summed E-state index contributed by atoms with van der Waals surface area (Å²) in [6.07, 6.45) is 6.71. The van der Waals surface area contributed by atoms with Gasteiger partial charge in [-0.15, -0.1) is 0 Å². The summed E-state index contributed by atoms with van der Waals surface area (Å²) in [7, 11) is 0. The molecule has 0 aromatic carbocycles. The SMILES string of the molecule is CC1=[C-]C(C(C)C)=CC1.[Ti]. The molecule has 0 aromatic heterocycles. The molecule has 1 rings (SSSR count). The van der Waals surface area contributed by atoms with E-state index in [4.69, 9.17) is 0 Å². The van der Waals surface area contributed by atoms with E-state index in [9.17, 15) is 0 Å². The molecule has 0 radical (unpaired) electrons.